The molecule has 3 fully saturated rings. The zero-order valence-corrected chi connectivity index (χ0v) is 11.5. The monoisotopic (exact) mass is 236 g/mol. The van der Waals surface area contributed by atoms with Crippen molar-refractivity contribution >= 4 is 5.78 Å². The first-order valence-corrected chi connectivity index (χ1v) is 6.73. The van der Waals surface area contributed by atoms with Crippen LogP contribution in [0, 0.1) is 5.92 Å². The average Bonchev–Trinajstić information content (AvgIpc) is 2.20. The van der Waals surface area contributed by atoms with E-state index in [4.69, 9.17) is 4.74 Å². The van der Waals surface area contributed by atoms with Gasteiger partial charge in [-0.25, -0.2) is 0 Å². The van der Waals surface area contributed by atoms with Gasteiger partial charge >= 0.3 is 0 Å². The molecule has 2 nitrogen and oxygen atoms in total. The van der Waals surface area contributed by atoms with Gasteiger partial charge in [0.15, 0.2) is 5.78 Å². The smallest absolute Gasteiger partial charge is 0.164 e. The van der Waals surface area contributed by atoms with Crippen molar-refractivity contribution in [3.63, 3.8) is 0 Å². The molecule has 0 N–H and O–H groups in total. The maximum Gasteiger partial charge on any atom is 0.164 e. The van der Waals surface area contributed by atoms with Crippen LogP contribution in [0.4, 0.5) is 0 Å². The molecule has 0 aromatic rings. The van der Waals surface area contributed by atoms with E-state index in [1.807, 2.05) is 6.92 Å². The Hall–Kier alpha value is -0.630. The number of carbonyl (C=O) groups excluding carboxylic acids is 1. The fourth-order valence-electron chi connectivity index (χ4n) is 3.26. The van der Waals surface area contributed by atoms with Crippen LogP contribution in [-0.4, -0.2) is 17.0 Å². The molecular formula is C15H24O2. The van der Waals surface area contributed by atoms with Gasteiger partial charge in [0.25, 0.3) is 0 Å². The Bertz CT molecular complexity index is 354. The molecule has 3 atom stereocenters. The van der Waals surface area contributed by atoms with Crippen molar-refractivity contribution in [2.45, 2.75) is 71.0 Å². The molecule has 3 rings (SSSR count). The summed E-state index contributed by atoms with van der Waals surface area (Å²) in [6, 6.07) is 0. The van der Waals surface area contributed by atoms with Crippen LogP contribution < -0.4 is 0 Å². The third-order valence-corrected chi connectivity index (χ3v) is 4.51. The van der Waals surface area contributed by atoms with Crippen LogP contribution in [0.2, 0.25) is 0 Å². The van der Waals surface area contributed by atoms with E-state index in [2.05, 4.69) is 26.8 Å². The molecule has 2 aliphatic heterocycles. The lowest BCUT2D eigenvalue weighted by Crippen LogP contribution is -2.60. The molecule has 0 amide bonds. The first kappa shape index (κ1) is 12.8. The first-order valence-electron chi connectivity index (χ1n) is 6.73. The number of fused-ring (bicyclic) bond motifs is 3. The lowest BCUT2D eigenvalue weighted by molar-refractivity contribution is -0.228. The summed E-state index contributed by atoms with van der Waals surface area (Å²) in [7, 11) is 0. The van der Waals surface area contributed by atoms with Gasteiger partial charge in [0.05, 0.1) is 5.60 Å². The second-order valence-corrected chi connectivity index (χ2v) is 6.33. The van der Waals surface area contributed by atoms with E-state index >= 15 is 0 Å². The summed E-state index contributed by atoms with van der Waals surface area (Å²) in [5.41, 5.74) is 0.776. The van der Waals surface area contributed by atoms with Crippen LogP contribution >= 0.6 is 0 Å². The predicted molar refractivity (Wildman–Crippen MR) is 68.9 cm³/mol. The first-order chi connectivity index (χ1) is 7.86. The van der Waals surface area contributed by atoms with Crippen LogP contribution in [0.1, 0.15) is 59.8 Å². The highest BCUT2D eigenvalue weighted by Gasteiger charge is 2.54. The standard InChI is InChI=1S/C15H24O2/c1-11(2)6-5-8-14(3)12-7-9-15(4,17-14)13(16)10-12/h6,12H,5,7-10H2,1-4H3/t12-,14+,15+/m1/s1. The number of allylic oxidation sites excluding steroid dienone is 2. The third-order valence-electron chi connectivity index (χ3n) is 4.51. The molecule has 17 heavy (non-hydrogen) atoms. The second-order valence-electron chi connectivity index (χ2n) is 6.33. The van der Waals surface area contributed by atoms with E-state index in [9.17, 15) is 4.79 Å². The number of ether oxygens (including phenoxy) is 1. The molecule has 2 heterocycles. The molecule has 2 saturated heterocycles. The van der Waals surface area contributed by atoms with Gasteiger partial charge in [-0.1, -0.05) is 11.6 Å². The summed E-state index contributed by atoms with van der Waals surface area (Å²) >= 11 is 0. The molecule has 0 aromatic heterocycles. The molecule has 1 aliphatic carbocycles. The molecular weight excluding hydrogens is 212 g/mol. The summed E-state index contributed by atoms with van der Waals surface area (Å²) in [5.74, 6) is 0.746. The summed E-state index contributed by atoms with van der Waals surface area (Å²) in [5, 5.41) is 0. The third kappa shape index (κ3) is 2.33. The Labute approximate surface area is 104 Å². The van der Waals surface area contributed by atoms with Gasteiger partial charge in [0, 0.05) is 6.42 Å². The zero-order valence-electron chi connectivity index (χ0n) is 11.5. The molecule has 2 heteroatoms. The Kier molecular flexibility index (Phi) is 3.19. The summed E-state index contributed by atoms with van der Waals surface area (Å²) < 4.78 is 6.18. The number of rotatable bonds is 3. The molecule has 0 aromatic carbocycles. The lowest BCUT2D eigenvalue weighted by Gasteiger charge is -2.54. The molecule has 0 unspecified atom stereocenters. The minimum Gasteiger partial charge on any atom is -0.361 e. The van der Waals surface area contributed by atoms with Crippen LogP contribution in [0.15, 0.2) is 11.6 Å². The number of hydrogen-bond donors (Lipinski definition) is 0. The van der Waals surface area contributed by atoms with Gasteiger partial charge < -0.3 is 4.74 Å². The maximum atomic E-state index is 11.9. The van der Waals surface area contributed by atoms with Crippen molar-refractivity contribution in [1.82, 2.24) is 0 Å². The summed E-state index contributed by atoms with van der Waals surface area (Å²) in [4.78, 5) is 11.9. The van der Waals surface area contributed by atoms with E-state index in [0.717, 1.165) is 32.1 Å². The van der Waals surface area contributed by atoms with Crippen molar-refractivity contribution in [3.05, 3.63) is 11.6 Å². The zero-order chi connectivity index (χ0) is 12.7. The molecule has 3 aliphatic rings. The SMILES string of the molecule is CC(C)=CCC[C@]1(C)O[C@@]2(C)CC[C@@H]1CC2=O. The van der Waals surface area contributed by atoms with Crippen LogP contribution in [0.25, 0.3) is 0 Å². The van der Waals surface area contributed by atoms with Crippen molar-refractivity contribution < 1.29 is 9.53 Å². The normalized spacial score (nSPS) is 40.5. The van der Waals surface area contributed by atoms with E-state index in [-0.39, 0.29) is 5.60 Å². The van der Waals surface area contributed by atoms with Gasteiger partial charge in [-0.2, -0.15) is 0 Å². The largest absolute Gasteiger partial charge is 0.361 e. The quantitative estimate of drug-likeness (QED) is 0.699. The molecule has 96 valence electrons. The lowest BCUT2D eigenvalue weighted by atomic mass is 9.66. The predicted octanol–water partition coefficient (Wildman–Crippen LogP) is 3.65. The number of carbonyl (C=O) groups is 1. The highest BCUT2D eigenvalue weighted by Crippen LogP contribution is 2.49. The number of ketones is 1. The van der Waals surface area contributed by atoms with E-state index in [0.29, 0.717) is 11.7 Å². The van der Waals surface area contributed by atoms with Crippen molar-refractivity contribution in [1.29, 1.82) is 0 Å². The van der Waals surface area contributed by atoms with Gasteiger partial charge in [-0.15, -0.1) is 0 Å². The minimum atomic E-state index is -0.492. The maximum absolute atomic E-state index is 11.9. The van der Waals surface area contributed by atoms with Gasteiger partial charge in [0.2, 0.25) is 0 Å². The Morgan fingerprint density at radius 3 is 2.71 bits per heavy atom. The van der Waals surface area contributed by atoms with Crippen LogP contribution in [0.5, 0.6) is 0 Å². The van der Waals surface area contributed by atoms with E-state index < -0.39 is 5.60 Å². The Balaban J connectivity index is 2.07. The van der Waals surface area contributed by atoms with Crippen molar-refractivity contribution in [2.24, 2.45) is 5.92 Å². The average molecular weight is 236 g/mol. The topological polar surface area (TPSA) is 26.3 Å². The van der Waals surface area contributed by atoms with Gasteiger partial charge in [-0.3, -0.25) is 4.79 Å². The fraction of sp³-hybridized carbons (Fsp3) is 0.800. The van der Waals surface area contributed by atoms with Crippen molar-refractivity contribution in [2.75, 3.05) is 0 Å². The minimum absolute atomic E-state index is 0.0904. The molecule has 0 radical (unpaired) electrons. The van der Waals surface area contributed by atoms with E-state index in [1.54, 1.807) is 0 Å². The van der Waals surface area contributed by atoms with Crippen LogP contribution in [0.3, 0.4) is 0 Å². The number of hydrogen-bond acceptors (Lipinski definition) is 2. The molecule has 1 saturated carbocycles. The molecule has 0 spiro atoms. The highest BCUT2D eigenvalue weighted by molar-refractivity contribution is 5.88. The summed E-state index contributed by atoms with van der Waals surface area (Å²) in [6.07, 6.45) is 7.14. The van der Waals surface area contributed by atoms with Crippen molar-refractivity contribution in [3.8, 4) is 0 Å². The van der Waals surface area contributed by atoms with Gasteiger partial charge in [-0.05, 0) is 59.3 Å². The second kappa shape index (κ2) is 4.24. The number of Topliss-reactive ketones (excluding diaryl/α,β-unsaturated/α-hetero) is 1. The Morgan fingerprint density at radius 2 is 2.18 bits per heavy atom. The fourth-order valence-corrected chi connectivity index (χ4v) is 3.26. The summed E-state index contributed by atoms with van der Waals surface area (Å²) in [6.45, 7) is 8.42. The van der Waals surface area contributed by atoms with Crippen LogP contribution in [-0.2, 0) is 9.53 Å². The van der Waals surface area contributed by atoms with Gasteiger partial charge in [0.1, 0.15) is 5.60 Å². The molecule has 2 bridgehead atoms. The highest BCUT2D eigenvalue weighted by atomic mass is 16.5. The Morgan fingerprint density at radius 1 is 1.47 bits per heavy atom. The van der Waals surface area contributed by atoms with E-state index in [1.165, 1.54) is 5.57 Å².